The van der Waals surface area contributed by atoms with Gasteiger partial charge in [0, 0.05) is 0 Å². The second-order valence-corrected chi connectivity index (χ2v) is 5.67. The van der Waals surface area contributed by atoms with Gasteiger partial charge in [-0.05, 0) is 26.0 Å². The standard InChI is InChI=1S/C17H17N3O5/c1-3-25-16(23)13-9(2)18-17(24)19-12(13)8-20-14(21)10-6-4-5-7-11(10)15(20)22/h4-7,9H,3,8H2,1-2H3,(H2,18,19,24). The van der Waals surface area contributed by atoms with Crippen LogP contribution in [-0.4, -0.2) is 47.9 Å². The minimum absolute atomic E-state index is 0.170. The van der Waals surface area contributed by atoms with Crippen LogP contribution in [0.4, 0.5) is 4.79 Å². The van der Waals surface area contributed by atoms with Crippen molar-refractivity contribution in [2.45, 2.75) is 19.9 Å². The molecule has 0 radical (unpaired) electrons. The zero-order chi connectivity index (χ0) is 18.1. The number of nitrogens with zero attached hydrogens (tertiary/aromatic N) is 1. The van der Waals surface area contributed by atoms with Gasteiger partial charge in [-0.2, -0.15) is 0 Å². The Morgan fingerprint density at radius 1 is 1.16 bits per heavy atom. The molecule has 1 aromatic carbocycles. The van der Waals surface area contributed by atoms with Gasteiger partial charge in [-0.25, -0.2) is 9.59 Å². The number of benzene rings is 1. The summed E-state index contributed by atoms with van der Waals surface area (Å²) in [7, 11) is 0. The molecule has 8 heteroatoms. The highest BCUT2D eigenvalue weighted by molar-refractivity contribution is 6.21. The number of rotatable bonds is 4. The first kappa shape index (κ1) is 16.7. The van der Waals surface area contributed by atoms with E-state index in [4.69, 9.17) is 4.74 Å². The van der Waals surface area contributed by atoms with Gasteiger partial charge < -0.3 is 15.4 Å². The summed E-state index contributed by atoms with van der Waals surface area (Å²) in [6, 6.07) is 5.38. The molecule has 130 valence electrons. The largest absolute Gasteiger partial charge is 0.463 e. The van der Waals surface area contributed by atoms with Crippen molar-refractivity contribution in [3.63, 3.8) is 0 Å². The first-order valence-electron chi connectivity index (χ1n) is 7.87. The zero-order valence-electron chi connectivity index (χ0n) is 13.8. The van der Waals surface area contributed by atoms with Crippen LogP contribution in [0.25, 0.3) is 0 Å². The summed E-state index contributed by atoms with van der Waals surface area (Å²) in [6.45, 7) is 3.26. The Kier molecular flexibility index (Phi) is 4.26. The summed E-state index contributed by atoms with van der Waals surface area (Å²) in [6.07, 6.45) is 0. The highest BCUT2D eigenvalue weighted by atomic mass is 16.5. The normalized spacial score (nSPS) is 19.5. The highest BCUT2D eigenvalue weighted by Gasteiger charge is 2.38. The number of amides is 4. The summed E-state index contributed by atoms with van der Waals surface area (Å²) < 4.78 is 5.02. The Balaban J connectivity index is 1.95. The molecule has 0 spiro atoms. The number of urea groups is 1. The van der Waals surface area contributed by atoms with Gasteiger partial charge in [0.1, 0.15) is 0 Å². The molecule has 1 aromatic rings. The molecule has 0 bridgehead atoms. The van der Waals surface area contributed by atoms with E-state index in [1.54, 1.807) is 38.1 Å². The highest BCUT2D eigenvalue weighted by Crippen LogP contribution is 2.24. The molecule has 2 heterocycles. The minimum atomic E-state index is -0.603. The van der Waals surface area contributed by atoms with E-state index in [0.29, 0.717) is 11.1 Å². The van der Waals surface area contributed by atoms with E-state index >= 15 is 0 Å². The second kappa shape index (κ2) is 6.39. The minimum Gasteiger partial charge on any atom is -0.463 e. The van der Waals surface area contributed by atoms with Gasteiger partial charge in [-0.3, -0.25) is 14.5 Å². The summed E-state index contributed by atoms with van der Waals surface area (Å²) >= 11 is 0. The van der Waals surface area contributed by atoms with Gasteiger partial charge in [0.05, 0.1) is 41.6 Å². The molecule has 0 fully saturated rings. The molecule has 0 aliphatic carbocycles. The van der Waals surface area contributed by atoms with Gasteiger partial charge in [-0.15, -0.1) is 0 Å². The van der Waals surface area contributed by atoms with Gasteiger partial charge in [0.25, 0.3) is 11.8 Å². The maximum absolute atomic E-state index is 12.5. The quantitative estimate of drug-likeness (QED) is 0.621. The molecule has 0 saturated carbocycles. The molecular formula is C17H17N3O5. The molecule has 1 unspecified atom stereocenters. The third kappa shape index (κ3) is 2.86. The molecule has 2 N–H and O–H groups in total. The number of nitrogens with one attached hydrogen (secondary N) is 2. The Morgan fingerprint density at radius 2 is 1.76 bits per heavy atom. The van der Waals surface area contributed by atoms with Crippen LogP contribution in [0.5, 0.6) is 0 Å². The van der Waals surface area contributed by atoms with Crippen LogP contribution in [0.2, 0.25) is 0 Å². The lowest BCUT2D eigenvalue weighted by molar-refractivity contribution is -0.139. The van der Waals surface area contributed by atoms with Crippen LogP contribution in [-0.2, 0) is 9.53 Å². The smallest absolute Gasteiger partial charge is 0.337 e. The molecule has 25 heavy (non-hydrogen) atoms. The predicted molar refractivity (Wildman–Crippen MR) is 86.6 cm³/mol. The van der Waals surface area contributed by atoms with Crippen LogP contribution in [0.3, 0.4) is 0 Å². The van der Waals surface area contributed by atoms with Crippen molar-refractivity contribution in [3.8, 4) is 0 Å². The number of carbonyl (C=O) groups is 4. The van der Waals surface area contributed by atoms with Crippen molar-refractivity contribution < 1.29 is 23.9 Å². The lowest BCUT2D eigenvalue weighted by Gasteiger charge is -2.28. The van der Waals surface area contributed by atoms with Crippen LogP contribution < -0.4 is 10.6 Å². The topological polar surface area (TPSA) is 105 Å². The third-order valence-electron chi connectivity index (χ3n) is 4.06. The molecule has 2 aliphatic heterocycles. The van der Waals surface area contributed by atoms with Crippen molar-refractivity contribution in [1.29, 1.82) is 0 Å². The third-order valence-corrected chi connectivity index (χ3v) is 4.06. The first-order valence-corrected chi connectivity index (χ1v) is 7.87. The molecule has 3 rings (SSSR count). The van der Waals surface area contributed by atoms with Gasteiger partial charge in [0.15, 0.2) is 0 Å². The Bertz CT molecular complexity index is 779. The zero-order valence-corrected chi connectivity index (χ0v) is 13.8. The maximum Gasteiger partial charge on any atom is 0.337 e. The van der Waals surface area contributed by atoms with Crippen LogP contribution in [0, 0.1) is 0 Å². The number of hydrogen-bond acceptors (Lipinski definition) is 5. The van der Waals surface area contributed by atoms with Crippen molar-refractivity contribution in [1.82, 2.24) is 15.5 Å². The van der Waals surface area contributed by atoms with Crippen LogP contribution in [0.1, 0.15) is 34.6 Å². The summed E-state index contributed by atoms with van der Waals surface area (Å²) in [5.41, 5.74) is 0.986. The number of fused-ring (bicyclic) bond motifs is 1. The monoisotopic (exact) mass is 343 g/mol. The number of carbonyl (C=O) groups excluding carboxylic acids is 4. The van der Waals surface area contributed by atoms with Gasteiger partial charge in [-0.1, -0.05) is 12.1 Å². The fourth-order valence-electron chi connectivity index (χ4n) is 2.94. The van der Waals surface area contributed by atoms with E-state index in [-0.39, 0.29) is 24.4 Å². The Hall–Kier alpha value is -3.16. The van der Waals surface area contributed by atoms with E-state index in [0.717, 1.165) is 4.90 Å². The van der Waals surface area contributed by atoms with E-state index in [1.165, 1.54) is 0 Å². The Morgan fingerprint density at radius 3 is 2.32 bits per heavy atom. The van der Waals surface area contributed by atoms with Crippen molar-refractivity contribution in [2.75, 3.05) is 13.2 Å². The number of hydrogen-bond donors (Lipinski definition) is 2. The van der Waals surface area contributed by atoms with E-state index < -0.39 is 29.9 Å². The summed E-state index contributed by atoms with van der Waals surface area (Å²) in [4.78, 5) is 50.0. The summed E-state index contributed by atoms with van der Waals surface area (Å²) in [5.74, 6) is -1.53. The SMILES string of the molecule is CCOC(=O)C1=C(CN2C(=O)c3ccccc3C2=O)NC(=O)NC1C. The fourth-order valence-corrected chi connectivity index (χ4v) is 2.94. The number of ether oxygens (including phenoxy) is 1. The molecule has 8 nitrogen and oxygen atoms in total. The van der Waals surface area contributed by atoms with Crippen molar-refractivity contribution >= 4 is 23.8 Å². The average Bonchev–Trinajstić information content (AvgIpc) is 2.80. The molecule has 0 aromatic heterocycles. The van der Waals surface area contributed by atoms with E-state index in [2.05, 4.69) is 10.6 Å². The Labute approximate surface area is 143 Å². The van der Waals surface area contributed by atoms with Crippen molar-refractivity contribution in [2.24, 2.45) is 0 Å². The molecular weight excluding hydrogens is 326 g/mol. The fraction of sp³-hybridized carbons (Fsp3) is 0.294. The van der Waals surface area contributed by atoms with Crippen LogP contribution >= 0.6 is 0 Å². The first-order chi connectivity index (χ1) is 11.9. The van der Waals surface area contributed by atoms with E-state index in [9.17, 15) is 19.2 Å². The predicted octanol–water partition coefficient (Wildman–Crippen LogP) is 0.801. The van der Waals surface area contributed by atoms with Crippen molar-refractivity contribution in [3.05, 3.63) is 46.7 Å². The number of esters is 1. The van der Waals surface area contributed by atoms with E-state index in [1.807, 2.05) is 0 Å². The van der Waals surface area contributed by atoms with Crippen LogP contribution in [0.15, 0.2) is 35.5 Å². The number of imide groups is 1. The molecule has 4 amide bonds. The molecule has 1 atom stereocenters. The molecule has 2 aliphatic rings. The second-order valence-electron chi connectivity index (χ2n) is 5.67. The molecule has 0 saturated heterocycles. The lowest BCUT2D eigenvalue weighted by atomic mass is 10.0. The van der Waals surface area contributed by atoms with Gasteiger partial charge >= 0.3 is 12.0 Å². The lowest BCUT2D eigenvalue weighted by Crippen LogP contribution is -2.51. The maximum atomic E-state index is 12.5. The average molecular weight is 343 g/mol. The summed E-state index contributed by atoms with van der Waals surface area (Å²) in [5, 5.41) is 5.08. The van der Waals surface area contributed by atoms with Gasteiger partial charge in [0.2, 0.25) is 0 Å².